The van der Waals surface area contributed by atoms with Gasteiger partial charge in [-0.25, -0.2) is 4.68 Å². The molecule has 32 heavy (non-hydrogen) atoms. The van der Waals surface area contributed by atoms with Gasteiger partial charge in [-0.15, -0.1) is 10.2 Å². The second-order valence-electron chi connectivity index (χ2n) is 9.91. The zero-order valence-corrected chi connectivity index (χ0v) is 18.2. The van der Waals surface area contributed by atoms with Crippen molar-refractivity contribution in [1.82, 2.24) is 20.0 Å². The van der Waals surface area contributed by atoms with E-state index in [1.54, 1.807) is 10.7 Å². The van der Waals surface area contributed by atoms with Crippen LogP contribution in [0.15, 0.2) is 48.7 Å². The molecule has 0 radical (unpaired) electrons. The summed E-state index contributed by atoms with van der Waals surface area (Å²) in [6, 6.07) is 13.0. The summed E-state index contributed by atoms with van der Waals surface area (Å²) in [6.07, 6.45) is 9.06. The van der Waals surface area contributed by atoms with Gasteiger partial charge in [-0.1, -0.05) is 0 Å². The predicted octanol–water partition coefficient (Wildman–Crippen LogP) is 4.92. The number of nitrogens with one attached hydrogen (secondary N) is 1. The highest BCUT2D eigenvalue weighted by Gasteiger charge is 2.54. The fourth-order valence-corrected chi connectivity index (χ4v) is 6.41. The number of nitrogens with zero attached hydrogens (tertiary/aromatic N) is 4. The fourth-order valence-electron chi connectivity index (χ4n) is 6.41. The molecule has 1 N–H and O–H groups in total. The molecule has 4 saturated carbocycles. The van der Waals surface area contributed by atoms with Crippen LogP contribution in [0.3, 0.4) is 0 Å². The molecule has 4 fully saturated rings. The van der Waals surface area contributed by atoms with E-state index in [9.17, 15) is 4.79 Å². The summed E-state index contributed by atoms with van der Waals surface area (Å²) in [5, 5.41) is 15.8. The number of hydrogen-bond donors (Lipinski definition) is 1. The first-order chi connectivity index (χ1) is 15.5. The van der Waals surface area contributed by atoms with Crippen LogP contribution in [0.2, 0.25) is 0 Å². The average Bonchev–Trinajstić information content (AvgIpc) is 3.21. The Labute approximate surface area is 187 Å². The second-order valence-corrected chi connectivity index (χ2v) is 9.91. The number of rotatable bonds is 5. The van der Waals surface area contributed by atoms with E-state index >= 15 is 0 Å². The number of carbonyl (C=O) groups excluding carboxylic acids is 1. The number of aryl methyl sites for hydroxylation is 1. The molecule has 0 aliphatic heterocycles. The average molecular weight is 430 g/mol. The van der Waals surface area contributed by atoms with E-state index in [-0.39, 0.29) is 11.3 Å². The number of hydrogen-bond acceptors (Lipinski definition) is 5. The smallest absolute Gasteiger partial charge is 0.238 e. The van der Waals surface area contributed by atoms with Crippen LogP contribution >= 0.6 is 0 Å². The Bertz CT molecular complexity index is 1100. The molecule has 0 saturated heterocycles. The number of aromatic nitrogens is 4. The Kier molecular flexibility index (Phi) is 4.52. The van der Waals surface area contributed by atoms with Crippen molar-refractivity contribution < 1.29 is 9.53 Å². The van der Waals surface area contributed by atoms with Crippen molar-refractivity contribution in [3.05, 3.63) is 54.4 Å². The van der Waals surface area contributed by atoms with Crippen LogP contribution < -0.4 is 10.1 Å². The van der Waals surface area contributed by atoms with Gasteiger partial charge in [0.1, 0.15) is 5.75 Å². The van der Waals surface area contributed by atoms with Gasteiger partial charge < -0.3 is 10.1 Å². The molecular formula is C25H27N5O2. The van der Waals surface area contributed by atoms with E-state index in [1.165, 1.54) is 19.3 Å². The Morgan fingerprint density at radius 3 is 2.22 bits per heavy atom. The lowest BCUT2D eigenvalue weighted by molar-refractivity contribution is -0.140. The second kappa shape index (κ2) is 7.43. The van der Waals surface area contributed by atoms with Crippen molar-refractivity contribution in [1.29, 1.82) is 0 Å². The van der Waals surface area contributed by atoms with Crippen molar-refractivity contribution in [2.24, 2.45) is 23.2 Å². The van der Waals surface area contributed by atoms with Crippen molar-refractivity contribution >= 4 is 11.6 Å². The number of carbonyl (C=O) groups is 1. The number of benzene rings is 1. The topological polar surface area (TPSA) is 81.9 Å². The van der Waals surface area contributed by atoms with E-state index in [0.29, 0.717) is 17.4 Å². The molecule has 4 bridgehead atoms. The molecule has 2 heterocycles. The van der Waals surface area contributed by atoms with Gasteiger partial charge >= 0.3 is 0 Å². The quantitative estimate of drug-likeness (QED) is 0.623. The lowest BCUT2D eigenvalue weighted by Gasteiger charge is -2.55. The third kappa shape index (κ3) is 3.55. The van der Waals surface area contributed by atoms with E-state index in [1.807, 2.05) is 49.5 Å². The van der Waals surface area contributed by atoms with Gasteiger partial charge in [-0.3, -0.25) is 4.79 Å². The van der Waals surface area contributed by atoms with Crippen molar-refractivity contribution in [3.63, 3.8) is 0 Å². The van der Waals surface area contributed by atoms with E-state index < -0.39 is 0 Å². The largest absolute Gasteiger partial charge is 0.438 e. The molecule has 7 nitrogen and oxygen atoms in total. The maximum absolute atomic E-state index is 13.2. The molecule has 7 heteroatoms. The number of anilines is 1. The van der Waals surface area contributed by atoms with Crippen LogP contribution in [0.5, 0.6) is 11.6 Å². The zero-order valence-electron chi connectivity index (χ0n) is 18.2. The molecule has 164 valence electrons. The van der Waals surface area contributed by atoms with Crippen LogP contribution in [-0.4, -0.2) is 25.9 Å². The highest BCUT2D eigenvalue weighted by molar-refractivity contribution is 5.95. The molecule has 4 aliphatic carbocycles. The Morgan fingerprint density at radius 2 is 1.66 bits per heavy atom. The fraction of sp³-hybridized carbons (Fsp3) is 0.440. The van der Waals surface area contributed by atoms with E-state index in [4.69, 9.17) is 4.74 Å². The van der Waals surface area contributed by atoms with Crippen LogP contribution in [0.25, 0.3) is 5.82 Å². The summed E-state index contributed by atoms with van der Waals surface area (Å²) in [5.41, 5.74) is 1.59. The molecule has 3 aromatic rings. The Balaban J connectivity index is 1.10. The van der Waals surface area contributed by atoms with E-state index in [0.717, 1.165) is 48.4 Å². The monoisotopic (exact) mass is 429 g/mol. The van der Waals surface area contributed by atoms with Crippen LogP contribution in [0, 0.1) is 30.1 Å². The SMILES string of the molecule is Cc1ccn(-c2ccc(Oc3ccc(NC(=O)C45CC6CC(CC(C6)C4)C5)cc3)nn2)n1. The van der Waals surface area contributed by atoms with Gasteiger partial charge in [0, 0.05) is 18.0 Å². The molecule has 7 rings (SSSR count). The molecule has 0 atom stereocenters. The van der Waals surface area contributed by atoms with Gasteiger partial charge in [0.15, 0.2) is 5.82 Å². The lowest BCUT2D eigenvalue weighted by Crippen LogP contribution is -2.51. The number of amides is 1. The maximum Gasteiger partial charge on any atom is 0.238 e. The van der Waals surface area contributed by atoms with Crippen LogP contribution in [0.4, 0.5) is 5.69 Å². The summed E-state index contributed by atoms with van der Waals surface area (Å²) in [7, 11) is 0. The minimum Gasteiger partial charge on any atom is -0.438 e. The predicted molar refractivity (Wildman–Crippen MR) is 120 cm³/mol. The maximum atomic E-state index is 13.2. The van der Waals surface area contributed by atoms with Crippen molar-refractivity contribution in [3.8, 4) is 17.4 Å². The van der Waals surface area contributed by atoms with Gasteiger partial charge in [-0.2, -0.15) is 5.10 Å². The first-order valence-electron chi connectivity index (χ1n) is 11.5. The lowest BCUT2D eigenvalue weighted by atomic mass is 9.49. The normalized spacial score (nSPS) is 28.0. The first kappa shape index (κ1) is 19.5. The highest BCUT2D eigenvalue weighted by atomic mass is 16.5. The van der Waals surface area contributed by atoms with Crippen molar-refractivity contribution in [2.45, 2.75) is 45.4 Å². The molecule has 0 unspecified atom stereocenters. The van der Waals surface area contributed by atoms with Crippen LogP contribution in [0.1, 0.15) is 44.2 Å². The minimum absolute atomic E-state index is 0.144. The standard InChI is InChI=1S/C25H27N5O2/c1-16-8-9-30(29-16)22-6-7-23(28-27-22)32-21-4-2-20(3-5-21)26-24(31)25-13-17-10-18(14-25)12-19(11-17)15-25/h2-9,17-19H,10-15H2,1H3,(H,26,31). The minimum atomic E-state index is -0.144. The van der Waals surface area contributed by atoms with Crippen LogP contribution in [-0.2, 0) is 4.79 Å². The van der Waals surface area contributed by atoms with Gasteiger partial charge in [-0.05, 0) is 99.6 Å². The molecule has 2 aromatic heterocycles. The first-order valence-corrected chi connectivity index (χ1v) is 11.5. The summed E-state index contributed by atoms with van der Waals surface area (Å²) < 4.78 is 7.49. The molecule has 1 amide bonds. The third-order valence-corrected chi connectivity index (χ3v) is 7.44. The summed E-state index contributed by atoms with van der Waals surface area (Å²) in [4.78, 5) is 13.2. The van der Waals surface area contributed by atoms with Gasteiger partial charge in [0.25, 0.3) is 0 Å². The van der Waals surface area contributed by atoms with E-state index in [2.05, 4.69) is 20.6 Å². The zero-order chi connectivity index (χ0) is 21.7. The number of ether oxygens (including phenoxy) is 1. The van der Waals surface area contributed by atoms with Gasteiger partial charge in [0.05, 0.1) is 11.1 Å². The molecule has 0 spiro atoms. The summed E-state index contributed by atoms with van der Waals surface area (Å²) in [6.45, 7) is 1.93. The third-order valence-electron chi connectivity index (χ3n) is 7.44. The molecule has 4 aliphatic rings. The van der Waals surface area contributed by atoms with Gasteiger partial charge in [0.2, 0.25) is 11.8 Å². The van der Waals surface area contributed by atoms with Crippen molar-refractivity contribution in [2.75, 3.05) is 5.32 Å². The summed E-state index contributed by atoms with van der Waals surface area (Å²) in [5.74, 6) is 4.17. The molecule has 1 aromatic carbocycles. The summed E-state index contributed by atoms with van der Waals surface area (Å²) >= 11 is 0. The Morgan fingerprint density at radius 1 is 0.969 bits per heavy atom. The highest BCUT2D eigenvalue weighted by Crippen LogP contribution is 2.60. The molecular weight excluding hydrogens is 402 g/mol. The Hall–Kier alpha value is -3.22.